The molecule has 0 saturated heterocycles. The fourth-order valence-corrected chi connectivity index (χ4v) is 2.27. The van der Waals surface area contributed by atoms with E-state index in [4.69, 9.17) is 0 Å². The zero-order valence-electron chi connectivity index (χ0n) is 11.5. The normalized spacial score (nSPS) is 11.9. The van der Waals surface area contributed by atoms with Crippen molar-refractivity contribution >= 4 is 10.9 Å². The van der Waals surface area contributed by atoms with Gasteiger partial charge in [0.05, 0.1) is 5.52 Å². The standard InChI is InChI=1S/C15H22N2/c1-6-11-7-12-13(9(2)3)17-14(10(4)5)15(12)16-8-11/h7-10,17H,6H2,1-5H3. The minimum Gasteiger partial charge on any atom is -0.360 e. The highest BCUT2D eigenvalue weighted by Gasteiger charge is 2.16. The number of aromatic amines is 1. The van der Waals surface area contributed by atoms with Crippen molar-refractivity contribution in [3.8, 4) is 0 Å². The number of hydrogen-bond acceptors (Lipinski definition) is 1. The van der Waals surface area contributed by atoms with Crippen molar-refractivity contribution in [3.05, 3.63) is 29.2 Å². The van der Waals surface area contributed by atoms with Gasteiger partial charge in [-0.05, 0) is 29.9 Å². The fourth-order valence-electron chi connectivity index (χ4n) is 2.27. The Kier molecular flexibility index (Phi) is 3.23. The Labute approximate surface area is 103 Å². The van der Waals surface area contributed by atoms with Gasteiger partial charge in [0.15, 0.2) is 0 Å². The number of aryl methyl sites for hydroxylation is 1. The zero-order chi connectivity index (χ0) is 12.6. The predicted molar refractivity (Wildman–Crippen MR) is 73.6 cm³/mol. The Hall–Kier alpha value is -1.31. The summed E-state index contributed by atoms with van der Waals surface area (Å²) in [5.41, 5.74) is 5.06. The van der Waals surface area contributed by atoms with Gasteiger partial charge >= 0.3 is 0 Å². The lowest BCUT2D eigenvalue weighted by molar-refractivity contribution is 0.792. The third kappa shape index (κ3) is 2.08. The summed E-state index contributed by atoms with van der Waals surface area (Å²) in [6, 6.07) is 2.29. The minimum absolute atomic E-state index is 0.491. The van der Waals surface area contributed by atoms with Crippen molar-refractivity contribution < 1.29 is 0 Å². The largest absolute Gasteiger partial charge is 0.360 e. The molecule has 0 amide bonds. The summed E-state index contributed by atoms with van der Waals surface area (Å²) >= 11 is 0. The third-order valence-corrected chi connectivity index (χ3v) is 3.32. The van der Waals surface area contributed by atoms with Crippen molar-refractivity contribution in [2.24, 2.45) is 0 Å². The number of fused-ring (bicyclic) bond motifs is 1. The summed E-state index contributed by atoms with van der Waals surface area (Å²) < 4.78 is 0. The first-order valence-corrected chi connectivity index (χ1v) is 6.55. The lowest BCUT2D eigenvalue weighted by Crippen LogP contribution is -1.91. The number of pyridine rings is 1. The molecule has 0 atom stereocenters. The number of rotatable bonds is 3. The molecule has 0 radical (unpaired) electrons. The predicted octanol–water partition coefficient (Wildman–Crippen LogP) is 4.37. The molecule has 0 unspecified atom stereocenters. The lowest BCUT2D eigenvalue weighted by Gasteiger charge is -2.03. The van der Waals surface area contributed by atoms with Crippen LogP contribution in [0.1, 0.15) is 63.4 Å². The van der Waals surface area contributed by atoms with Crippen molar-refractivity contribution in [2.45, 2.75) is 52.9 Å². The second-order valence-electron chi connectivity index (χ2n) is 5.36. The maximum absolute atomic E-state index is 4.64. The summed E-state index contributed by atoms with van der Waals surface area (Å²) in [7, 11) is 0. The molecule has 0 bridgehead atoms. The smallest absolute Gasteiger partial charge is 0.0914 e. The molecule has 0 fully saturated rings. The third-order valence-electron chi connectivity index (χ3n) is 3.32. The van der Waals surface area contributed by atoms with E-state index in [1.807, 2.05) is 6.20 Å². The lowest BCUT2D eigenvalue weighted by atomic mass is 10.0. The van der Waals surface area contributed by atoms with Gasteiger partial charge in [-0.2, -0.15) is 0 Å². The maximum Gasteiger partial charge on any atom is 0.0914 e. The average molecular weight is 230 g/mol. The molecule has 2 aromatic heterocycles. The number of hydrogen-bond donors (Lipinski definition) is 1. The van der Waals surface area contributed by atoms with Crippen molar-refractivity contribution in [3.63, 3.8) is 0 Å². The molecule has 0 aliphatic heterocycles. The summed E-state index contributed by atoms with van der Waals surface area (Å²) in [5.74, 6) is 1.00. The van der Waals surface area contributed by atoms with Crippen LogP contribution in [0, 0.1) is 0 Å². The van der Waals surface area contributed by atoms with Crippen LogP contribution in [0.4, 0.5) is 0 Å². The van der Waals surface area contributed by atoms with Crippen LogP contribution in [-0.2, 0) is 6.42 Å². The monoisotopic (exact) mass is 230 g/mol. The summed E-state index contributed by atoms with van der Waals surface area (Å²) in [5, 5.41) is 1.31. The quantitative estimate of drug-likeness (QED) is 0.833. The first kappa shape index (κ1) is 12.2. The number of nitrogens with zero attached hydrogens (tertiary/aromatic N) is 1. The van der Waals surface area contributed by atoms with E-state index in [1.54, 1.807) is 0 Å². The summed E-state index contributed by atoms with van der Waals surface area (Å²) in [6.45, 7) is 11.1. The molecule has 17 heavy (non-hydrogen) atoms. The van der Waals surface area contributed by atoms with Gasteiger partial charge in [-0.25, -0.2) is 0 Å². The van der Waals surface area contributed by atoms with E-state index in [2.05, 4.69) is 50.7 Å². The first-order valence-electron chi connectivity index (χ1n) is 6.55. The van der Waals surface area contributed by atoms with Gasteiger partial charge in [-0.3, -0.25) is 4.98 Å². The molecular weight excluding hydrogens is 208 g/mol. The molecule has 0 saturated carbocycles. The topological polar surface area (TPSA) is 28.7 Å². The van der Waals surface area contributed by atoms with Crippen LogP contribution in [0.25, 0.3) is 10.9 Å². The Morgan fingerprint density at radius 1 is 1.12 bits per heavy atom. The number of aromatic nitrogens is 2. The van der Waals surface area contributed by atoms with Crippen LogP contribution in [0.2, 0.25) is 0 Å². The van der Waals surface area contributed by atoms with Crippen LogP contribution in [0.15, 0.2) is 12.3 Å². The highest BCUT2D eigenvalue weighted by Crippen LogP contribution is 2.30. The maximum atomic E-state index is 4.64. The Morgan fingerprint density at radius 3 is 2.29 bits per heavy atom. The molecule has 0 aromatic carbocycles. The highest BCUT2D eigenvalue weighted by molar-refractivity contribution is 5.86. The molecule has 1 N–H and O–H groups in total. The number of nitrogens with one attached hydrogen (secondary N) is 1. The van der Waals surface area contributed by atoms with Crippen molar-refractivity contribution in [1.29, 1.82) is 0 Å². The molecule has 2 rings (SSSR count). The van der Waals surface area contributed by atoms with E-state index >= 15 is 0 Å². The minimum atomic E-state index is 0.491. The number of H-pyrrole nitrogens is 1. The van der Waals surface area contributed by atoms with Crippen LogP contribution in [0.5, 0.6) is 0 Å². The van der Waals surface area contributed by atoms with E-state index in [0.717, 1.165) is 11.9 Å². The van der Waals surface area contributed by atoms with Gasteiger partial charge in [-0.1, -0.05) is 34.6 Å². The molecule has 0 spiro atoms. The Morgan fingerprint density at radius 2 is 1.76 bits per heavy atom. The van der Waals surface area contributed by atoms with E-state index in [9.17, 15) is 0 Å². The molecule has 0 aliphatic carbocycles. The van der Waals surface area contributed by atoms with E-state index in [-0.39, 0.29) is 0 Å². The molecule has 0 aliphatic rings. The van der Waals surface area contributed by atoms with Crippen LogP contribution in [-0.4, -0.2) is 9.97 Å². The van der Waals surface area contributed by atoms with E-state index in [1.165, 1.54) is 22.3 Å². The molecule has 2 heteroatoms. The molecule has 92 valence electrons. The molecule has 2 heterocycles. The van der Waals surface area contributed by atoms with E-state index < -0.39 is 0 Å². The van der Waals surface area contributed by atoms with Crippen LogP contribution in [0.3, 0.4) is 0 Å². The SMILES string of the molecule is CCc1cnc2c(C(C)C)[nH]c(C(C)C)c2c1. The average Bonchev–Trinajstić information content (AvgIpc) is 2.67. The van der Waals surface area contributed by atoms with Gasteiger partial charge in [0.2, 0.25) is 0 Å². The van der Waals surface area contributed by atoms with E-state index in [0.29, 0.717) is 11.8 Å². The van der Waals surface area contributed by atoms with Gasteiger partial charge in [-0.15, -0.1) is 0 Å². The zero-order valence-corrected chi connectivity index (χ0v) is 11.5. The summed E-state index contributed by atoms with van der Waals surface area (Å²) in [4.78, 5) is 8.22. The molecular formula is C15H22N2. The Balaban J connectivity index is 2.72. The van der Waals surface area contributed by atoms with Gasteiger partial charge < -0.3 is 4.98 Å². The summed E-state index contributed by atoms with van der Waals surface area (Å²) in [6.07, 6.45) is 3.05. The molecule has 2 aromatic rings. The molecule has 2 nitrogen and oxygen atoms in total. The van der Waals surface area contributed by atoms with Crippen LogP contribution < -0.4 is 0 Å². The highest BCUT2D eigenvalue weighted by atomic mass is 14.8. The second-order valence-corrected chi connectivity index (χ2v) is 5.36. The van der Waals surface area contributed by atoms with Crippen molar-refractivity contribution in [1.82, 2.24) is 9.97 Å². The van der Waals surface area contributed by atoms with Crippen LogP contribution >= 0.6 is 0 Å². The van der Waals surface area contributed by atoms with Crippen molar-refractivity contribution in [2.75, 3.05) is 0 Å². The van der Waals surface area contributed by atoms with Gasteiger partial charge in [0.25, 0.3) is 0 Å². The van der Waals surface area contributed by atoms with Gasteiger partial charge in [0, 0.05) is 23.0 Å². The first-order chi connectivity index (χ1) is 8.04. The Bertz CT molecular complexity index is 521. The fraction of sp³-hybridized carbons (Fsp3) is 0.533. The van der Waals surface area contributed by atoms with Gasteiger partial charge in [0.1, 0.15) is 0 Å². The second kappa shape index (κ2) is 4.52.